The number of aromatic nitrogens is 1. The molecule has 9 nitrogen and oxygen atoms in total. The highest BCUT2D eigenvalue weighted by Crippen LogP contribution is 2.34. The lowest BCUT2D eigenvalue weighted by Crippen LogP contribution is -2.33. The van der Waals surface area contributed by atoms with Crippen LogP contribution in [0.1, 0.15) is 5.56 Å². The molecule has 3 aromatic rings. The van der Waals surface area contributed by atoms with Gasteiger partial charge in [-0.05, 0) is 42.5 Å². The normalized spacial score (nSPS) is 10.8. The number of nitro groups is 1. The zero-order valence-electron chi connectivity index (χ0n) is 16.1. The number of ether oxygens (including phenoxy) is 2. The molecule has 0 saturated carbocycles. The van der Waals surface area contributed by atoms with Gasteiger partial charge in [0.2, 0.25) is 5.88 Å². The van der Waals surface area contributed by atoms with Crippen LogP contribution in [0.15, 0.2) is 66.9 Å². The summed E-state index contributed by atoms with van der Waals surface area (Å²) in [5.74, 6) is 0.530. The first-order chi connectivity index (χ1) is 15.2. The van der Waals surface area contributed by atoms with Crippen molar-refractivity contribution in [2.45, 2.75) is 6.18 Å². The second kappa shape index (κ2) is 9.64. The Balaban J connectivity index is 1.52. The van der Waals surface area contributed by atoms with Crippen molar-refractivity contribution < 1.29 is 32.4 Å². The van der Waals surface area contributed by atoms with Gasteiger partial charge in [-0.1, -0.05) is 6.07 Å². The van der Waals surface area contributed by atoms with Crippen molar-refractivity contribution in [3.05, 3.63) is 82.5 Å². The number of carbonyl (C=O) groups excluding carboxylic acids is 1. The van der Waals surface area contributed by atoms with Gasteiger partial charge in [0, 0.05) is 18.3 Å². The molecule has 0 saturated heterocycles. The van der Waals surface area contributed by atoms with E-state index in [2.05, 4.69) is 15.8 Å². The third kappa shape index (κ3) is 6.08. The van der Waals surface area contributed by atoms with E-state index in [-0.39, 0.29) is 5.69 Å². The average molecular weight is 448 g/mol. The van der Waals surface area contributed by atoms with Crippen LogP contribution < -0.4 is 20.3 Å². The summed E-state index contributed by atoms with van der Waals surface area (Å²) in [4.78, 5) is 26.0. The number of alkyl halides is 3. The summed E-state index contributed by atoms with van der Waals surface area (Å²) >= 11 is 0. The Bertz CT molecular complexity index is 1090. The van der Waals surface area contributed by atoms with Crippen molar-refractivity contribution in [2.24, 2.45) is 0 Å². The number of hydrogen-bond acceptors (Lipinski definition) is 7. The lowest BCUT2D eigenvalue weighted by Gasteiger charge is -2.12. The number of rotatable bonds is 8. The van der Waals surface area contributed by atoms with E-state index in [1.807, 2.05) is 0 Å². The van der Waals surface area contributed by atoms with Gasteiger partial charge in [0.25, 0.3) is 11.6 Å². The number of hydrogen-bond donors (Lipinski definition) is 2. The Morgan fingerprint density at radius 2 is 1.78 bits per heavy atom. The Morgan fingerprint density at radius 1 is 1.06 bits per heavy atom. The maximum atomic E-state index is 12.7. The van der Waals surface area contributed by atoms with Gasteiger partial charge >= 0.3 is 6.18 Å². The molecule has 0 atom stereocenters. The molecule has 1 aromatic heterocycles. The van der Waals surface area contributed by atoms with Crippen LogP contribution in [0.5, 0.6) is 17.4 Å². The van der Waals surface area contributed by atoms with E-state index < -0.39 is 34.9 Å². The molecule has 0 spiro atoms. The van der Waals surface area contributed by atoms with E-state index in [1.54, 1.807) is 48.7 Å². The van der Waals surface area contributed by atoms with E-state index in [4.69, 9.17) is 9.47 Å². The van der Waals surface area contributed by atoms with E-state index >= 15 is 0 Å². The largest absolute Gasteiger partial charge is 0.484 e. The number of benzene rings is 2. The van der Waals surface area contributed by atoms with Crippen LogP contribution in [0, 0.1) is 10.1 Å². The minimum absolute atomic E-state index is 0.313. The van der Waals surface area contributed by atoms with E-state index in [9.17, 15) is 28.1 Å². The van der Waals surface area contributed by atoms with Crippen molar-refractivity contribution in [3.8, 4) is 17.4 Å². The molecule has 0 aliphatic carbocycles. The van der Waals surface area contributed by atoms with Crippen molar-refractivity contribution in [3.63, 3.8) is 0 Å². The predicted molar refractivity (Wildman–Crippen MR) is 106 cm³/mol. The Morgan fingerprint density at radius 3 is 2.41 bits per heavy atom. The maximum Gasteiger partial charge on any atom is 0.416 e. The fourth-order valence-corrected chi connectivity index (χ4v) is 2.42. The number of carbonyl (C=O) groups is 1. The van der Waals surface area contributed by atoms with Crippen LogP contribution in [0.25, 0.3) is 0 Å². The molecule has 2 N–H and O–H groups in total. The van der Waals surface area contributed by atoms with Crippen LogP contribution >= 0.6 is 0 Å². The predicted octanol–water partition coefficient (Wildman–Crippen LogP) is 4.32. The molecule has 12 heteroatoms. The van der Waals surface area contributed by atoms with Crippen LogP contribution in [-0.4, -0.2) is 22.4 Å². The van der Waals surface area contributed by atoms with Gasteiger partial charge in [-0.15, -0.1) is 0 Å². The summed E-state index contributed by atoms with van der Waals surface area (Å²) in [7, 11) is 0. The molecule has 0 unspecified atom stereocenters. The van der Waals surface area contributed by atoms with Crippen molar-refractivity contribution in [1.82, 2.24) is 10.4 Å². The van der Waals surface area contributed by atoms with Crippen LogP contribution in [0.2, 0.25) is 0 Å². The van der Waals surface area contributed by atoms with Gasteiger partial charge in [0.1, 0.15) is 17.2 Å². The molecular weight excluding hydrogens is 433 g/mol. The number of anilines is 1. The first-order valence-electron chi connectivity index (χ1n) is 8.94. The van der Waals surface area contributed by atoms with Gasteiger partial charge in [-0.25, -0.2) is 4.98 Å². The van der Waals surface area contributed by atoms with Crippen molar-refractivity contribution >= 4 is 17.3 Å². The van der Waals surface area contributed by atoms with Gasteiger partial charge in [0.15, 0.2) is 6.61 Å². The van der Waals surface area contributed by atoms with Crippen LogP contribution in [0.3, 0.4) is 0 Å². The minimum Gasteiger partial charge on any atom is -0.484 e. The Labute approximate surface area is 178 Å². The molecule has 166 valence electrons. The Kier molecular flexibility index (Phi) is 6.73. The summed E-state index contributed by atoms with van der Waals surface area (Å²) in [6.07, 6.45) is -3.16. The second-order valence-corrected chi connectivity index (χ2v) is 6.19. The number of nitro benzene ring substituents is 1. The zero-order valence-corrected chi connectivity index (χ0v) is 16.1. The van der Waals surface area contributed by atoms with Crippen molar-refractivity contribution in [2.75, 3.05) is 12.0 Å². The van der Waals surface area contributed by atoms with Gasteiger partial charge in [-0.3, -0.25) is 25.8 Å². The average Bonchev–Trinajstić information content (AvgIpc) is 2.77. The molecule has 0 fully saturated rings. The lowest BCUT2D eigenvalue weighted by atomic mass is 10.1. The SMILES string of the molecule is O=C(COc1ccc(Oc2ccccn2)cc1)NNc1ccc(C(F)(F)F)cc1[N+](=O)[O-]. The van der Waals surface area contributed by atoms with Gasteiger partial charge < -0.3 is 9.47 Å². The highest BCUT2D eigenvalue weighted by molar-refractivity contribution is 5.79. The molecule has 3 rings (SSSR count). The first-order valence-corrected chi connectivity index (χ1v) is 8.94. The summed E-state index contributed by atoms with van der Waals surface area (Å²) < 4.78 is 49.0. The Hall–Kier alpha value is -4.35. The fraction of sp³-hybridized carbons (Fsp3) is 0.100. The van der Waals surface area contributed by atoms with Gasteiger partial charge in [-0.2, -0.15) is 13.2 Å². The number of amides is 1. The molecule has 0 aliphatic heterocycles. The van der Waals surface area contributed by atoms with Crippen molar-refractivity contribution in [1.29, 1.82) is 0 Å². The fourth-order valence-electron chi connectivity index (χ4n) is 2.42. The topological polar surface area (TPSA) is 116 Å². The highest BCUT2D eigenvalue weighted by Gasteiger charge is 2.33. The molecule has 1 heterocycles. The molecule has 2 aromatic carbocycles. The van der Waals surface area contributed by atoms with Crippen LogP contribution in [-0.2, 0) is 11.0 Å². The molecule has 0 radical (unpaired) electrons. The number of nitrogens with one attached hydrogen (secondary N) is 2. The number of nitrogens with zero attached hydrogens (tertiary/aromatic N) is 2. The standard InChI is InChI=1S/C20H15F3N4O5/c21-20(22,23)13-4-9-16(17(11-13)27(29)30)25-26-18(28)12-31-14-5-7-15(8-6-14)32-19-3-1-2-10-24-19/h1-11,25H,12H2,(H,26,28). The monoisotopic (exact) mass is 448 g/mol. The van der Waals surface area contributed by atoms with Gasteiger partial charge in [0.05, 0.1) is 10.5 Å². The number of hydrazine groups is 1. The molecule has 1 amide bonds. The minimum atomic E-state index is -4.74. The quantitative estimate of drug-likeness (QED) is 0.389. The third-order valence-corrected chi connectivity index (χ3v) is 3.91. The molecule has 32 heavy (non-hydrogen) atoms. The summed E-state index contributed by atoms with van der Waals surface area (Å²) in [6.45, 7) is -0.456. The smallest absolute Gasteiger partial charge is 0.416 e. The third-order valence-electron chi connectivity index (χ3n) is 3.91. The highest BCUT2D eigenvalue weighted by atomic mass is 19.4. The summed E-state index contributed by atoms with van der Waals surface area (Å²) in [6, 6.07) is 13.4. The molecule has 0 bridgehead atoms. The number of pyridine rings is 1. The van der Waals surface area contributed by atoms with E-state index in [1.165, 1.54) is 0 Å². The summed E-state index contributed by atoms with van der Waals surface area (Å²) in [5.41, 5.74) is 2.03. The van der Waals surface area contributed by atoms with Crippen LogP contribution in [0.4, 0.5) is 24.5 Å². The maximum absolute atomic E-state index is 12.7. The zero-order chi connectivity index (χ0) is 23.1. The second-order valence-electron chi connectivity index (χ2n) is 6.19. The molecule has 0 aliphatic rings. The van der Waals surface area contributed by atoms with E-state index in [0.29, 0.717) is 29.5 Å². The van der Waals surface area contributed by atoms with E-state index in [0.717, 1.165) is 6.07 Å². The summed E-state index contributed by atoms with van der Waals surface area (Å²) in [5, 5.41) is 11.0. The number of halogens is 3. The lowest BCUT2D eigenvalue weighted by molar-refractivity contribution is -0.384. The molecular formula is C20H15F3N4O5. The first kappa shape index (κ1) is 22.3.